The van der Waals surface area contributed by atoms with Gasteiger partial charge in [-0.2, -0.15) is 0 Å². The van der Waals surface area contributed by atoms with Crippen LogP contribution in [0.5, 0.6) is 0 Å². The smallest absolute Gasteiger partial charge is 0.261 e. The van der Waals surface area contributed by atoms with Gasteiger partial charge in [0.2, 0.25) is 0 Å². The van der Waals surface area contributed by atoms with E-state index in [2.05, 4.69) is 135 Å². The summed E-state index contributed by atoms with van der Waals surface area (Å²) in [6.07, 6.45) is 6.38. The summed E-state index contributed by atoms with van der Waals surface area (Å²) in [5.41, 5.74) is 1.15. The van der Waals surface area contributed by atoms with Crippen molar-refractivity contribution >= 4 is 33.3 Å². The van der Waals surface area contributed by atoms with Gasteiger partial charge in [0.15, 0.2) is 8.32 Å². The van der Waals surface area contributed by atoms with E-state index in [9.17, 15) is 4.79 Å². The van der Waals surface area contributed by atoms with E-state index in [0.29, 0.717) is 12.5 Å². The van der Waals surface area contributed by atoms with Gasteiger partial charge in [0.05, 0.1) is 6.61 Å². The molecular weight excluding hydrogens is 525 g/mol. The minimum Gasteiger partial charge on any atom is -0.417 e. The molecule has 0 bridgehead atoms. The Morgan fingerprint density at radius 1 is 0.875 bits per heavy atom. The lowest BCUT2D eigenvalue weighted by molar-refractivity contribution is -0.114. The number of carbonyl (C=O) groups is 1. The van der Waals surface area contributed by atoms with Gasteiger partial charge in [-0.1, -0.05) is 122 Å². The van der Waals surface area contributed by atoms with E-state index < -0.39 is 16.6 Å². The summed E-state index contributed by atoms with van der Waals surface area (Å²) in [6, 6.07) is 21.7. The number of rotatable bonds is 11. The van der Waals surface area contributed by atoms with Crippen LogP contribution in [0.15, 0.2) is 72.3 Å². The summed E-state index contributed by atoms with van der Waals surface area (Å²) in [5, 5.41) is 2.74. The Kier molecular flexibility index (Phi) is 10.3. The second-order valence-electron chi connectivity index (χ2n) is 14.8. The summed E-state index contributed by atoms with van der Waals surface area (Å²) in [6.45, 7) is 24.3. The zero-order valence-corrected chi connectivity index (χ0v) is 28.8. The second-order valence-corrected chi connectivity index (χ2v) is 23.9. The van der Waals surface area contributed by atoms with Gasteiger partial charge in [-0.15, -0.1) is 0 Å². The average molecular weight is 579 g/mol. The fraction of sp³-hybridized carbons (Fsp3) is 0.571. The van der Waals surface area contributed by atoms with Crippen molar-refractivity contribution in [2.75, 3.05) is 13.2 Å². The molecule has 2 aromatic rings. The first-order valence-electron chi connectivity index (χ1n) is 15.1. The lowest BCUT2D eigenvalue weighted by Gasteiger charge is -2.45. The van der Waals surface area contributed by atoms with Crippen molar-refractivity contribution in [3.05, 3.63) is 72.3 Å². The second kappa shape index (κ2) is 12.6. The Hall–Kier alpha value is -1.80. The lowest BCUT2D eigenvalue weighted by atomic mass is 9.65. The van der Waals surface area contributed by atoms with Gasteiger partial charge in [-0.05, 0) is 69.7 Å². The first kappa shape index (κ1) is 32.7. The molecule has 0 saturated heterocycles. The summed E-state index contributed by atoms with van der Waals surface area (Å²) >= 11 is 0. The molecule has 220 valence electrons. The van der Waals surface area contributed by atoms with E-state index in [-0.39, 0.29) is 21.4 Å². The van der Waals surface area contributed by atoms with E-state index in [4.69, 9.17) is 8.85 Å². The molecule has 1 aliphatic carbocycles. The molecule has 3 nitrogen and oxygen atoms in total. The maximum atomic E-state index is 12.3. The molecule has 0 heterocycles. The van der Waals surface area contributed by atoms with Crippen LogP contribution in [0.1, 0.15) is 74.7 Å². The number of carbonyl (C=O) groups excluding carboxylic acids is 1. The van der Waals surface area contributed by atoms with E-state index >= 15 is 0 Å². The van der Waals surface area contributed by atoms with Crippen LogP contribution in [0, 0.1) is 17.3 Å². The van der Waals surface area contributed by atoms with Crippen LogP contribution >= 0.6 is 0 Å². The van der Waals surface area contributed by atoms with Gasteiger partial charge in [0.25, 0.3) is 8.32 Å². The monoisotopic (exact) mass is 578 g/mol. The molecule has 0 saturated carbocycles. The van der Waals surface area contributed by atoms with E-state index in [0.717, 1.165) is 25.9 Å². The van der Waals surface area contributed by atoms with Crippen LogP contribution in [0.4, 0.5) is 0 Å². The largest absolute Gasteiger partial charge is 0.417 e. The van der Waals surface area contributed by atoms with Crippen LogP contribution in [-0.4, -0.2) is 36.1 Å². The third-order valence-corrected chi connectivity index (χ3v) is 19.3. The summed E-state index contributed by atoms with van der Waals surface area (Å²) in [4.78, 5) is 12.3. The highest BCUT2D eigenvalue weighted by Gasteiger charge is 2.50. The zero-order valence-electron chi connectivity index (χ0n) is 26.8. The molecule has 0 amide bonds. The number of allylic oxidation sites excluding steroid dienone is 1. The molecule has 0 N–H and O–H groups in total. The van der Waals surface area contributed by atoms with Crippen molar-refractivity contribution in [2.24, 2.45) is 17.3 Å². The Balaban J connectivity index is 1.90. The van der Waals surface area contributed by atoms with Gasteiger partial charge in [-0.25, -0.2) is 0 Å². The third kappa shape index (κ3) is 6.97. The predicted molar refractivity (Wildman–Crippen MR) is 175 cm³/mol. The molecule has 40 heavy (non-hydrogen) atoms. The molecule has 0 spiro atoms. The Morgan fingerprint density at radius 2 is 1.40 bits per heavy atom. The number of aldehydes is 1. The van der Waals surface area contributed by atoms with Gasteiger partial charge < -0.3 is 13.6 Å². The van der Waals surface area contributed by atoms with Gasteiger partial charge >= 0.3 is 0 Å². The van der Waals surface area contributed by atoms with Gasteiger partial charge in [0.1, 0.15) is 6.29 Å². The molecule has 0 fully saturated rings. The van der Waals surface area contributed by atoms with Crippen molar-refractivity contribution < 1.29 is 13.6 Å². The number of hydrogen-bond donors (Lipinski definition) is 0. The minimum absolute atomic E-state index is 0.0204. The molecule has 0 unspecified atom stereocenters. The van der Waals surface area contributed by atoms with Crippen LogP contribution in [-0.2, 0) is 13.6 Å². The standard InChI is InChI=1S/C35H54O3Si2/c1-28-24-30(26-36)35(8,22-17-23-37-39(9,10)33(2,3)4)25-29(28)27-38-40(34(5,6)7,31-18-13-11-14-19-31)32-20-15-12-16-21-32/h11-16,18-21,25-26,28,30H,17,22-24,27H2,1-10H3/t28-,30-,35-/m1/s1. The first-order valence-corrected chi connectivity index (χ1v) is 19.9. The normalized spacial score (nSPS) is 22.6. The quantitative estimate of drug-likeness (QED) is 0.117. The Labute approximate surface area is 247 Å². The number of hydrogen-bond acceptors (Lipinski definition) is 3. The maximum Gasteiger partial charge on any atom is 0.261 e. The topological polar surface area (TPSA) is 35.5 Å². The third-order valence-electron chi connectivity index (χ3n) is 9.77. The fourth-order valence-electron chi connectivity index (χ4n) is 6.08. The van der Waals surface area contributed by atoms with Crippen molar-refractivity contribution in [3.8, 4) is 0 Å². The van der Waals surface area contributed by atoms with Crippen molar-refractivity contribution in [2.45, 2.75) is 97.8 Å². The summed E-state index contributed by atoms with van der Waals surface area (Å²) in [7, 11) is -4.41. The summed E-state index contributed by atoms with van der Waals surface area (Å²) in [5.74, 6) is 0.331. The highest BCUT2D eigenvalue weighted by Crippen LogP contribution is 2.45. The van der Waals surface area contributed by atoms with Crippen LogP contribution in [0.2, 0.25) is 23.2 Å². The molecule has 3 atom stereocenters. The summed E-state index contributed by atoms with van der Waals surface area (Å²) < 4.78 is 13.8. The lowest BCUT2D eigenvalue weighted by Crippen LogP contribution is -2.66. The Bertz CT molecular complexity index is 1090. The highest BCUT2D eigenvalue weighted by atomic mass is 28.4. The molecular formula is C35H54O3Si2. The average Bonchev–Trinajstić information content (AvgIpc) is 2.88. The molecule has 1 aliphatic rings. The van der Waals surface area contributed by atoms with Crippen molar-refractivity contribution in [3.63, 3.8) is 0 Å². The van der Waals surface area contributed by atoms with Gasteiger partial charge in [-0.3, -0.25) is 0 Å². The van der Waals surface area contributed by atoms with E-state index in [1.54, 1.807) is 0 Å². The molecule has 0 aromatic heterocycles. The van der Waals surface area contributed by atoms with Crippen LogP contribution < -0.4 is 10.4 Å². The highest BCUT2D eigenvalue weighted by molar-refractivity contribution is 6.99. The Morgan fingerprint density at radius 3 is 1.85 bits per heavy atom. The molecule has 0 radical (unpaired) electrons. The van der Waals surface area contributed by atoms with Gasteiger partial charge in [0, 0.05) is 12.5 Å². The fourth-order valence-corrected chi connectivity index (χ4v) is 11.7. The molecule has 0 aliphatic heterocycles. The molecule has 3 rings (SSSR count). The van der Waals surface area contributed by atoms with Crippen LogP contribution in [0.3, 0.4) is 0 Å². The maximum absolute atomic E-state index is 12.3. The predicted octanol–water partition coefficient (Wildman–Crippen LogP) is 8.15. The minimum atomic E-state index is -2.63. The molecule has 2 aromatic carbocycles. The van der Waals surface area contributed by atoms with E-state index in [1.807, 2.05) is 0 Å². The van der Waals surface area contributed by atoms with E-state index in [1.165, 1.54) is 22.2 Å². The first-order chi connectivity index (χ1) is 18.6. The van der Waals surface area contributed by atoms with Crippen molar-refractivity contribution in [1.29, 1.82) is 0 Å². The van der Waals surface area contributed by atoms with Crippen molar-refractivity contribution in [1.82, 2.24) is 0 Å². The SMILES string of the molecule is C[C@@H]1C[C@H](C=O)[C@](C)(CCCO[Si](C)(C)C(C)(C)C)C=C1CO[Si](c1ccccc1)(c1ccccc1)C(C)(C)C. The zero-order chi connectivity index (χ0) is 29.8. The van der Waals surface area contributed by atoms with Crippen LogP contribution in [0.25, 0.3) is 0 Å². The molecule has 5 heteroatoms. The number of benzene rings is 2.